The smallest absolute Gasteiger partial charge is 0.240 e. The second kappa shape index (κ2) is 11.0. The molecule has 0 heterocycles. The summed E-state index contributed by atoms with van der Waals surface area (Å²) >= 11 is 0. The summed E-state index contributed by atoms with van der Waals surface area (Å²) in [5.41, 5.74) is 1.16. The van der Waals surface area contributed by atoms with E-state index in [-0.39, 0.29) is 12.4 Å². The molecule has 1 atom stereocenters. The van der Waals surface area contributed by atoms with Gasteiger partial charge in [0.1, 0.15) is 0 Å². The van der Waals surface area contributed by atoms with Crippen LogP contribution in [0.15, 0.2) is 29.2 Å². The molecule has 0 aliphatic heterocycles. The molecule has 0 spiro atoms. The first-order chi connectivity index (χ1) is 10.0. The number of ether oxygens (including phenoxy) is 1. The number of rotatable bonds is 10. The first-order valence-electron chi connectivity index (χ1n) is 7.30. The maximum Gasteiger partial charge on any atom is 0.240 e. The number of hydrogen-bond acceptors (Lipinski definition) is 4. The molecule has 128 valence electrons. The van der Waals surface area contributed by atoms with E-state index in [1.165, 1.54) is 0 Å². The third-order valence-corrected chi connectivity index (χ3v) is 4.93. The Bertz CT molecular complexity index is 506. The van der Waals surface area contributed by atoms with Crippen molar-refractivity contribution in [1.29, 1.82) is 0 Å². The van der Waals surface area contributed by atoms with Gasteiger partial charge in [0.05, 0.1) is 11.5 Å². The van der Waals surface area contributed by atoms with Crippen LogP contribution in [0.3, 0.4) is 0 Å². The van der Waals surface area contributed by atoms with Gasteiger partial charge in [-0.15, -0.1) is 12.4 Å². The van der Waals surface area contributed by atoms with Crippen molar-refractivity contribution in [2.24, 2.45) is 0 Å². The van der Waals surface area contributed by atoms with Crippen LogP contribution in [0.1, 0.15) is 31.7 Å². The lowest BCUT2D eigenvalue weighted by Crippen LogP contribution is -2.33. The molecule has 0 saturated carbocycles. The number of halogens is 1. The lowest BCUT2D eigenvalue weighted by molar-refractivity contribution is 0.199. The van der Waals surface area contributed by atoms with E-state index in [2.05, 4.69) is 23.9 Å². The molecule has 7 heteroatoms. The third kappa shape index (κ3) is 7.07. The maximum atomic E-state index is 12.1. The summed E-state index contributed by atoms with van der Waals surface area (Å²) in [5.74, 6) is 0.444. The van der Waals surface area contributed by atoms with E-state index in [9.17, 15) is 8.42 Å². The van der Waals surface area contributed by atoms with E-state index < -0.39 is 10.0 Å². The lowest BCUT2D eigenvalue weighted by atomic mass is 9.99. The fourth-order valence-corrected chi connectivity index (χ4v) is 2.90. The summed E-state index contributed by atoms with van der Waals surface area (Å²) in [4.78, 5) is 0.312. The summed E-state index contributed by atoms with van der Waals surface area (Å²) in [6.07, 6.45) is 1.04. The van der Waals surface area contributed by atoms with Gasteiger partial charge in [-0.3, -0.25) is 0 Å². The van der Waals surface area contributed by atoms with Gasteiger partial charge in [0.25, 0.3) is 0 Å². The predicted octanol–water partition coefficient (Wildman–Crippen LogP) is 2.14. The Balaban J connectivity index is 0.00000441. The maximum absolute atomic E-state index is 12.1. The van der Waals surface area contributed by atoms with Crippen LogP contribution in [0, 0.1) is 0 Å². The Labute approximate surface area is 140 Å². The van der Waals surface area contributed by atoms with Gasteiger partial charge in [-0.2, -0.15) is 0 Å². The molecule has 0 saturated heterocycles. The van der Waals surface area contributed by atoms with Crippen LogP contribution >= 0.6 is 12.4 Å². The minimum Gasteiger partial charge on any atom is -0.383 e. The van der Waals surface area contributed by atoms with Gasteiger partial charge in [-0.25, -0.2) is 13.1 Å². The standard InChI is InChI=1S/C15H26N2O3S.ClH/c1-4-13(2)14-5-7-15(8-6-14)21(18,19)17-10-9-16-11-12-20-3;/h5-8,13,16-17H,4,9-12H2,1-3H3;1H. The molecule has 5 nitrogen and oxygen atoms in total. The quantitative estimate of drug-likeness (QED) is 0.634. The molecule has 0 aliphatic carbocycles. The molecular formula is C15H27ClN2O3S. The average Bonchev–Trinajstić information content (AvgIpc) is 2.50. The highest BCUT2D eigenvalue weighted by molar-refractivity contribution is 7.89. The molecule has 1 rings (SSSR count). The normalized spacial score (nSPS) is 12.7. The zero-order chi connectivity index (χ0) is 15.7. The Hall–Kier alpha value is -0.660. The molecule has 1 aromatic carbocycles. The molecule has 0 bridgehead atoms. The minimum absolute atomic E-state index is 0. The largest absolute Gasteiger partial charge is 0.383 e. The Morgan fingerprint density at radius 2 is 1.77 bits per heavy atom. The molecule has 22 heavy (non-hydrogen) atoms. The summed E-state index contributed by atoms with van der Waals surface area (Å²) < 4.78 is 31.7. The molecule has 0 aliphatic rings. The average molecular weight is 351 g/mol. The molecule has 0 aromatic heterocycles. The topological polar surface area (TPSA) is 67.4 Å². The zero-order valence-corrected chi connectivity index (χ0v) is 15.1. The molecule has 0 amide bonds. The predicted molar refractivity (Wildman–Crippen MR) is 92.3 cm³/mol. The van der Waals surface area contributed by atoms with Crippen LogP contribution in [-0.2, 0) is 14.8 Å². The summed E-state index contributed by atoms with van der Waals surface area (Å²) in [5, 5.41) is 3.09. The van der Waals surface area contributed by atoms with E-state index in [1.807, 2.05) is 12.1 Å². The highest BCUT2D eigenvalue weighted by Gasteiger charge is 2.13. The van der Waals surface area contributed by atoms with Crippen molar-refractivity contribution in [3.05, 3.63) is 29.8 Å². The van der Waals surface area contributed by atoms with Crippen molar-refractivity contribution in [2.45, 2.75) is 31.1 Å². The summed E-state index contributed by atoms with van der Waals surface area (Å²) in [6, 6.07) is 7.11. The fourth-order valence-electron chi connectivity index (χ4n) is 1.87. The van der Waals surface area contributed by atoms with Crippen LogP contribution in [-0.4, -0.2) is 41.8 Å². The zero-order valence-electron chi connectivity index (χ0n) is 13.5. The Morgan fingerprint density at radius 1 is 1.14 bits per heavy atom. The van der Waals surface area contributed by atoms with Crippen molar-refractivity contribution in [1.82, 2.24) is 10.0 Å². The van der Waals surface area contributed by atoms with E-state index in [1.54, 1.807) is 19.2 Å². The molecular weight excluding hydrogens is 324 g/mol. The van der Waals surface area contributed by atoms with Crippen LogP contribution in [0.4, 0.5) is 0 Å². The first kappa shape index (κ1) is 21.3. The number of nitrogens with one attached hydrogen (secondary N) is 2. The van der Waals surface area contributed by atoms with Gasteiger partial charge in [0.15, 0.2) is 0 Å². The number of sulfonamides is 1. The molecule has 1 aromatic rings. The molecule has 1 unspecified atom stereocenters. The van der Waals surface area contributed by atoms with Crippen molar-refractivity contribution in [3.8, 4) is 0 Å². The van der Waals surface area contributed by atoms with Crippen molar-refractivity contribution >= 4 is 22.4 Å². The molecule has 0 fully saturated rings. The highest BCUT2D eigenvalue weighted by atomic mass is 35.5. The van der Waals surface area contributed by atoms with Crippen LogP contribution in [0.25, 0.3) is 0 Å². The van der Waals surface area contributed by atoms with Crippen molar-refractivity contribution in [2.75, 3.05) is 33.4 Å². The highest BCUT2D eigenvalue weighted by Crippen LogP contribution is 2.20. The van der Waals surface area contributed by atoms with E-state index in [0.717, 1.165) is 12.0 Å². The van der Waals surface area contributed by atoms with Crippen LogP contribution in [0.2, 0.25) is 0 Å². The lowest BCUT2D eigenvalue weighted by Gasteiger charge is -2.11. The van der Waals surface area contributed by atoms with Gasteiger partial charge in [0.2, 0.25) is 10.0 Å². The van der Waals surface area contributed by atoms with Crippen LogP contribution in [0.5, 0.6) is 0 Å². The van der Waals surface area contributed by atoms with Gasteiger partial charge in [-0.05, 0) is 30.0 Å². The van der Waals surface area contributed by atoms with E-state index in [4.69, 9.17) is 4.74 Å². The van der Waals surface area contributed by atoms with Crippen molar-refractivity contribution in [3.63, 3.8) is 0 Å². The molecule has 0 radical (unpaired) electrons. The van der Waals surface area contributed by atoms with Gasteiger partial charge in [0, 0.05) is 26.7 Å². The van der Waals surface area contributed by atoms with E-state index in [0.29, 0.717) is 37.1 Å². The van der Waals surface area contributed by atoms with Gasteiger partial charge < -0.3 is 10.1 Å². The number of methoxy groups -OCH3 is 1. The second-order valence-electron chi connectivity index (χ2n) is 5.02. The summed E-state index contributed by atoms with van der Waals surface area (Å²) in [6.45, 7) is 6.51. The third-order valence-electron chi connectivity index (χ3n) is 3.45. The Kier molecular flexibility index (Phi) is 10.6. The van der Waals surface area contributed by atoms with Crippen molar-refractivity contribution < 1.29 is 13.2 Å². The molecule has 2 N–H and O–H groups in total. The Morgan fingerprint density at radius 3 is 2.32 bits per heavy atom. The monoisotopic (exact) mass is 350 g/mol. The summed E-state index contributed by atoms with van der Waals surface area (Å²) in [7, 11) is -1.79. The van der Waals surface area contributed by atoms with Gasteiger partial charge >= 0.3 is 0 Å². The first-order valence-corrected chi connectivity index (χ1v) is 8.79. The van der Waals surface area contributed by atoms with Gasteiger partial charge in [-0.1, -0.05) is 26.0 Å². The fraction of sp³-hybridized carbons (Fsp3) is 0.600. The SMILES string of the molecule is CCC(C)c1ccc(S(=O)(=O)NCCNCCOC)cc1.Cl. The van der Waals surface area contributed by atoms with Crippen LogP contribution < -0.4 is 10.0 Å². The minimum atomic E-state index is -3.42. The number of hydrogen-bond donors (Lipinski definition) is 2. The van der Waals surface area contributed by atoms with E-state index >= 15 is 0 Å². The second-order valence-corrected chi connectivity index (χ2v) is 6.79. The number of benzene rings is 1.